The minimum Gasteiger partial charge on any atom is -0.345 e. The number of carbonyl (C=O) groups excluding carboxylic acids is 1. The summed E-state index contributed by atoms with van der Waals surface area (Å²) in [6.45, 7) is 1.73. The average molecular weight is 444 g/mol. The number of hydrogen-bond acceptors (Lipinski definition) is 6. The third-order valence-electron chi connectivity index (χ3n) is 4.63. The molecule has 0 spiro atoms. The number of rotatable bonds is 9. The maximum absolute atomic E-state index is 14.5. The lowest BCUT2D eigenvalue weighted by Gasteiger charge is -2.10. The van der Waals surface area contributed by atoms with Gasteiger partial charge in [-0.05, 0) is 36.2 Å². The van der Waals surface area contributed by atoms with Crippen molar-refractivity contribution in [3.05, 3.63) is 59.2 Å². The van der Waals surface area contributed by atoms with Crippen molar-refractivity contribution in [1.82, 2.24) is 9.97 Å². The second-order valence-electron chi connectivity index (χ2n) is 6.91. The van der Waals surface area contributed by atoms with Crippen LogP contribution in [0, 0.1) is 11.2 Å². The van der Waals surface area contributed by atoms with Gasteiger partial charge in [0.1, 0.15) is 11.5 Å². The molecule has 0 saturated carbocycles. The van der Waals surface area contributed by atoms with Gasteiger partial charge in [0.2, 0.25) is 10.0 Å². The summed E-state index contributed by atoms with van der Waals surface area (Å²) in [5.74, 6) is -1.88. The fourth-order valence-corrected chi connectivity index (χ4v) is 4.31. The predicted octanol–water partition coefficient (Wildman–Crippen LogP) is 3.52. The van der Waals surface area contributed by atoms with Crippen LogP contribution in [0.5, 0.6) is 0 Å². The van der Waals surface area contributed by atoms with Crippen LogP contribution in [0.4, 0.5) is 10.1 Å². The van der Waals surface area contributed by atoms with Gasteiger partial charge in [0.15, 0.2) is 5.78 Å². The molecular formula is C21H22FN5O3S. The van der Waals surface area contributed by atoms with Crippen molar-refractivity contribution in [2.75, 3.05) is 17.5 Å². The Labute approximate surface area is 179 Å². The van der Waals surface area contributed by atoms with Crippen LogP contribution in [0.1, 0.15) is 40.7 Å². The van der Waals surface area contributed by atoms with Crippen LogP contribution in [0.25, 0.3) is 11.0 Å². The van der Waals surface area contributed by atoms with E-state index >= 15 is 0 Å². The molecule has 0 saturated heterocycles. The zero-order valence-electron chi connectivity index (χ0n) is 17.0. The molecule has 1 atom stereocenters. The monoisotopic (exact) mass is 443 g/mol. The first kappa shape index (κ1) is 22.3. The van der Waals surface area contributed by atoms with Crippen LogP contribution < -0.4 is 4.72 Å². The molecule has 0 bridgehead atoms. The Morgan fingerprint density at radius 1 is 1.35 bits per heavy atom. The number of carbonyl (C=O) groups is 1. The predicted molar refractivity (Wildman–Crippen MR) is 120 cm³/mol. The normalized spacial score (nSPS) is 12.9. The summed E-state index contributed by atoms with van der Waals surface area (Å²) >= 11 is 0. The molecule has 1 aromatic carbocycles. The van der Waals surface area contributed by atoms with Crippen molar-refractivity contribution >= 4 is 45.0 Å². The van der Waals surface area contributed by atoms with Gasteiger partial charge in [0.25, 0.3) is 0 Å². The zero-order chi connectivity index (χ0) is 22.6. The van der Waals surface area contributed by atoms with Gasteiger partial charge in [-0.3, -0.25) is 14.5 Å². The summed E-state index contributed by atoms with van der Waals surface area (Å²) in [4.78, 5) is 24.2. The minimum absolute atomic E-state index is 0.0835. The lowest BCUT2D eigenvalue weighted by atomic mass is 9.99. The molecule has 3 rings (SSSR count). The first-order chi connectivity index (χ1) is 14.8. The zero-order valence-corrected chi connectivity index (χ0v) is 17.8. The van der Waals surface area contributed by atoms with E-state index in [-0.39, 0.29) is 22.6 Å². The Hall–Kier alpha value is -3.40. The van der Waals surface area contributed by atoms with Gasteiger partial charge in [0.05, 0.1) is 17.2 Å². The van der Waals surface area contributed by atoms with Crippen molar-refractivity contribution in [3.63, 3.8) is 0 Å². The fourth-order valence-electron chi connectivity index (χ4n) is 3.18. The summed E-state index contributed by atoms with van der Waals surface area (Å²) in [7, 11) is -1.99. The van der Waals surface area contributed by atoms with E-state index in [2.05, 4.69) is 19.7 Å². The van der Waals surface area contributed by atoms with Crippen LogP contribution in [0.2, 0.25) is 0 Å². The Balaban J connectivity index is 2.03. The van der Waals surface area contributed by atoms with Gasteiger partial charge in [-0.25, -0.2) is 17.8 Å². The number of nitrogens with zero attached hydrogens (tertiary/aromatic N) is 2. The SMILES string of the molecule is CCCS(=O)(=O)Nc1ccc(F)c(C(=O)c2c[nH]c3ncc(C(C=N)C=NC)cc23)c1. The van der Waals surface area contributed by atoms with Crippen LogP contribution in [0.15, 0.2) is 41.7 Å². The fraction of sp³-hybridized carbons (Fsp3) is 0.238. The van der Waals surface area contributed by atoms with Crippen molar-refractivity contribution in [2.45, 2.75) is 19.3 Å². The number of nitrogens with one attached hydrogen (secondary N) is 3. The van der Waals surface area contributed by atoms with Crippen molar-refractivity contribution in [1.29, 1.82) is 5.41 Å². The number of benzene rings is 1. The Kier molecular flexibility index (Phi) is 6.59. The maximum atomic E-state index is 14.5. The molecule has 0 aliphatic carbocycles. The number of aliphatic imine (C=N–C) groups is 1. The third-order valence-corrected chi connectivity index (χ3v) is 6.12. The number of anilines is 1. The second-order valence-corrected chi connectivity index (χ2v) is 8.75. The number of aromatic nitrogens is 2. The van der Waals surface area contributed by atoms with E-state index in [4.69, 9.17) is 5.41 Å². The summed E-state index contributed by atoms with van der Waals surface area (Å²) in [6, 6.07) is 5.21. The van der Waals surface area contributed by atoms with Gasteiger partial charge in [0, 0.05) is 48.5 Å². The van der Waals surface area contributed by atoms with Crippen LogP contribution in [-0.4, -0.2) is 49.4 Å². The molecule has 10 heteroatoms. The lowest BCUT2D eigenvalue weighted by molar-refractivity contribution is 0.103. The van der Waals surface area contributed by atoms with E-state index in [9.17, 15) is 17.6 Å². The summed E-state index contributed by atoms with van der Waals surface area (Å²) < 4.78 is 40.9. The molecule has 8 nitrogen and oxygen atoms in total. The Bertz CT molecular complexity index is 1270. The number of ketones is 1. The number of H-pyrrole nitrogens is 1. The number of aromatic amines is 1. The molecule has 0 amide bonds. The third kappa shape index (κ3) is 4.85. The van der Waals surface area contributed by atoms with Crippen molar-refractivity contribution in [3.8, 4) is 0 Å². The Morgan fingerprint density at radius 3 is 2.81 bits per heavy atom. The van der Waals surface area contributed by atoms with E-state index in [1.54, 1.807) is 32.4 Å². The topological polar surface area (TPSA) is 128 Å². The highest BCUT2D eigenvalue weighted by Crippen LogP contribution is 2.26. The first-order valence-electron chi connectivity index (χ1n) is 9.54. The van der Waals surface area contributed by atoms with E-state index in [1.807, 2.05) is 0 Å². The van der Waals surface area contributed by atoms with Crippen LogP contribution >= 0.6 is 0 Å². The number of pyridine rings is 1. The summed E-state index contributed by atoms with van der Waals surface area (Å²) in [6.07, 6.45) is 6.22. The number of halogens is 1. The van der Waals surface area contributed by atoms with Gasteiger partial charge in [-0.15, -0.1) is 0 Å². The molecule has 1 unspecified atom stereocenters. The molecule has 0 aliphatic rings. The van der Waals surface area contributed by atoms with Gasteiger partial charge in [-0.2, -0.15) is 0 Å². The summed E-state index contributed by atoms with van der Waals surface area (Å²) in [5, 5.41) is 8.04. The number of hydrogen-bond donors (Lipinski definition) is 3. The molecular weight excluding hydrogens is 421 g/mol. The van der Waals surface area contributed by atoms with E-state index < -0.39 is 27.5 Å². The highest BCUT2D eigenvalue weighted by atomic mass is 32.2. The molecule has 2 heterocycles. The lowest BCUT2D eigenvalue weighted by Crippen LogP contribution is -2.16. The molecule has 0 aliphatic heterocycles. The van der Waals surface area contributed by atoms with Crippen molar-refractivity contribution in [2.24, 2.45) is 4.99 Å². The van der Waals surface area contributed by atoms with Crippen LogP contribution in [-0.2, 0) is 10.0 Å². The molecule has 0 fully saturated rings. The molecule has 3 N–H and O–H groups in total. The average Bonchev–Trinajstić information content (AvgIpc) is 3.15. The maximum Gasteiger partial charge on any atom is 0.232 e. The number of sulfonamides is 1. The minimum atomic E-state index is -3.59. The van der Waals surface area contributed by atoms with E-state index in [0.717, 1.165) is 6.07 Å². The summed E-state index contributed by atoms with van der Waals surface area (Å²) in [5.41, 5.74) is 1.13. The molecule has 162 valence electrons. The number of fused-ring (bicyclic) bond motifs is 1. The second kappa shape index (κ2) is 9.17. The van der Waals surface area contributed by atoms with Crippen molar-refractivity contribution < 1.29 is 17.6 Å². The van der Waals surface area contributed by atoms with E-state index in [0.29, 0.717) is 23.0 Å². The highest BCUT2D eigenvalue weighted by molar-refractivity contribution is 7.92. The standard InChI is InChI=1S/C21H22FN5O3S/c1-3-6-31(29,30)27-15-4-5-19(22)17(8-15)20(28)18-12-26-21-16(18)7-13(11-25-21)14(9-23)10-24-2/h4-5,7-12,14,23,27H,3,6H2,1-2H3,(H,25,26). The van der Waals surface area contributed by atoms with Gasteiger partial charge < -0.3 is 10.4 Å². The molecule has 2 aromatic heterocycles. The quantitative estimate of drug-likeness (QED) is 0.345. The molecule has 31 heavy (non-hydrogen) atoms. The highest BCUT2D eigenvalue weighted by Gasteiger charge is 2.21. The van der Waals surface area contributed by atoms with E-state index in [1.165, 1.54) is 24.5 Å². The van der Waals surface area contributed by atoms with Gasteiger partial charge >= 0.3 is 0 Å². The van der Waals surface area contributed by atoms with Gasteiger partial charge in [-0.1, -0.05) is 6.92 Å². The molecule has 0 radical (unpaired) electrons. The largest absolute Gasteiger partial charge is 0.345 e. The van der Waals surface area contributed by atoms with Crippen LogP contribution in [0.3, 0.4) is 0 Å². The first-order valence-corrected chi connectivity index (χ1v) is 11.2. The Morgan fingerprint density at radius 2 is 2.13 bits per heavy atom. The molecule has 3 aromatic rings. The smallest absolute Gasteiger partial charge is 0.232 e.